The van der Waals surface area contributed by atoms with E-state index in [2.05, 4.69) is 17.2 Å². The van der Waals surface area contributed by atoms with Gasteiger partial charge in [0.1, 0.15) is 11.6 Å². The molecule has 2 atom stereocenters. The molecule has 0 aliphatic rings. The minimum Gasteiger partial charge on any atom is -0.459 e. The van der Waals surface area contributed by atoms with Gasteiger partial charge in [0.25, 0.3) is 0 Å². The average molecular weight is 435 g/mol. The second-order valence-electron chi connectivity index (χ2n) is 7.08. The van der Waals surface area contributed by atoms with Crippen LogP contribution in [-0.4, -0.2) is 30.6 Å². The lowest BCUT2D eigenvalue weighted by atomic mass is 9.98. The molecule has 1 N–H and O–H groups in total. The summed E-state index contributed by atoms with van der Waals surface area (Å²) in [6.07, 6.45) is 1.83. The molecule has 0 amide bonds. The SMILES string of the molecule is CCCC(CNC)C(C)OC(=O)c1ccc2nc(-c3cc(Cl)cc(Cl)c3)oc2c1. The first-order valence-electron chi connectivity index (χ1n) is 9.64. The lowest BCUT2D eigenvalue weighted by Gasteiger charge is -2.23. The van der Waals surface area contributed by atoms with Crippen LogP contribution in [0.1, 0.15) is 37.0 Å². The van der Waals surface area contributed by atoms with Crippen LogP contribution < -0.4 is 5.32 Å². The number of benzene rings is 2. The van der Waals surface area contributed by atoms with Crippen LogP contribution in [0.25, 0.3) is 22.6 Å². The quantitative estimate of drug-likeness (QED) is 0.441. The maximum atomic E-state index is 12.6. The first-order chi connectivity index (χ1) is 13.9. The van der Waals surface area contributed by atoms with E-state index in [1.54, 1.807) is 36.4 Å². The molecule has 3 aromatic rings. The van der Waals surface area contributed by atoms with E-state index in [1.807, 2.05) is 14.0 Å². The summed E-state index contributed by atoms with van der Waals surface area (Å²) in [5.41, 5.74) is 2.24. The summed E-state index contributed by atoms with van der Waals surface area (Å²) in [5, 5.41) is 4.16. The summed E-state index contributed by atoms with van der Waals surface area (Å²) in [4.78, 5) is 17.1. The van der Waals surface area contributed by atoms with Gasteiger partial charge in [-0.25, -0.2) is 9.78 Å². The van der Waals surface area contributed by atoms with Crippen LogP contribution >= 0.6 is 23.2 Å². The zero-order chi connectivity index (χ0) is 21.0. The van der Waals surface area contributed by atoms with Gasteiger partial charge in [0.15, 0.2) is 5.58 Å². The number of aromatic nitrogens is 1. The van der Waals surface area contributed by atoms with Crippen LogP contribution in [0.2, 0.25) is 10.0 Å². The van der Waals surface area contributed by atoms with Gasteiger partial charge < -0.3 is 14.5 Å². The monoisotopic (exact) mass is 434 g/mol. The number of ether oxygens (including phenoxy) is 1. The Morgan fingerprint density at radius 3 is 2.59 bits per heavy atom. The molecular weight excluding hydrogens is 411 g/mol. The van der Waals surface area contributed by atoms with Gasteiger partial charge in [-0.05, 0) is 56.8 Å². The topological polar surface area (TPSA) is 64.4 Å². The summed E-state index contributed by atoms with van der Waals surface area (Å²) in [6, 6.07) is 10.2. The standard InChI is InChI=1S/C22H24Cl2N2O3/c1-4-5-15(12-25-3)13(2)28-22(27)14-6-7-19-20(10-14)29-21(26-19)16-8-17(23)11-18(24)9-16/h6-11,13,15,25H,4-5,12H2,1-3H3. The van der Waals surface area contributed by atoms with Gasteiger partial charge in [0.05, 0.1) is 5.56 Å². The van der Waals surface area contributed by atoms with Crippen molar-refractivity contribution in [1.82, 2.24) is 10.3 Å². The van der Waals surface area contributed by atoms with Crippen molar-refractivity contribution >= 4 is 40.3 Å². The Morgan fingerprint density at radius 2 is 1.93 bits per heavy atom. The van der Waals surface area contributed by atoms with Crippen molar-refractivity contribution in [3.05, 3.63) is 52.0 Å². The summed E-state index contributed by atoms with van der Waals surface area (Å²) in [6.45, 7) is 4.86. The van der Waals surface area contributed by atoms with Crippen molar-refractivity contribution in [2.24, 2.45) is 5.92 Å². The predicted molar refractivity (Wildman–Crippen MR) is 117 cm³/mol. The van der Waals surface area contributed by atoms with Gasteiger partial charge in [0, 0.05) is 28.1 Å². The molecule has 0 aliphatic heterocycles. The van der Waals surface area contributed by atoms with Crippen molar-refractivity contribution < 1.29 is 13.9 Å². The minimum absolute atomic E-state index is 0.190. The second-order valence-corrected chi connectivity index (χ2v) is 7.95. The fourth-order valence-electron chi connectivity index (χ4n) is 3.32. The lowest BCUT2D eigenvalue weighted by Crippen LogP contribution is -2.31. The molecule has 0 saturated carbocycles. The average Bonchev–Trinajstić information content (AvgIpc) is 3.10. The van der Waals surface area contributed by atoms with Crippen LogP contribution in [0.5, 0.6) is 0 Å². The van der Waals surface area contributed by atoms with E-state index < -0.39 is 0 Å². The van der Waals surface area contributed by atoms with Gasteiger partial charge >= 0.3 is 5.97 Å². The van der Waals surface area contributed by atoms with Gasteiger partial charge in [0.2, 0.25) is 5.89 Å². The second kappa shape index (κ2) is 9.61. The van der Waals surface area contributed by atoms with Crippen LogP contribution in [0.15, 0.2) is 40.8 Å². The number of nitrogens with one attached hydrogen (secondary N) is 1. The fourth-order valence-corrected chi connectivity index (χ4v) is 3.85. The Morgan fingerprint density at radius 1 is 1.21 bits per heavy atom. The number of carbonyl (C=O) groups is 1. The van der Waals surface area contributed by atoms with Crippen molar-refractivity contribution in [3.8, 4) is 11.5 Å². The summed E-state index contributed by atoms with van der Waals surface area (Å²) < 4.78 is 11.5. The van der Waals surface area contributed by atoms with Crippen LogP contribution in [0.4, 0.5) is 0 Å². The smallest absolute Gasteiger partial charge is 0.338 e. The van der Waals surface area contributed by atoms with E-state index in [-0.39, 0.29) is 18.0 Å². The Bertz CT molecular complexity index is 977. The molecule has 0 saturated heterocycles. The fraction of sp³-hybridized carbons (Fsp3) is 0.364. The Balaban J connectivity index is 1.81. The third-order valence-electron chi connectivity index (χ3n) is 4.82. The molecule has 0 bridgehead atoms. The number of rotatable bonds is 8. The molecule has 0 spiro atoms. The van der Waals surface area contributed by atoms with E-state index in [4.69, 9.17) is 32.4 Å². The minimum atomic E-state index is -0.375. The molecule has 5 nitrogen and oxygen atoms in total. The zero-order valence-corrected chi connectivity index (χ0v) is 18.2. The predicted octanol–water partition coefficient (Wildman–Crippen LogP) is 5.98. The Hall–Kier alpha value is -2.08. The van der Waals surface area contributed by atoms with Gasteiger partial charge in [-0.3, -0.25) is 0 Å². The molecule has 2 unspecified atom stereocenters. The first kappa shape index (κ1) is 21.6. The zero-order valence-electron chi connectivity index (χ0n) is 16.7. The largest absolute Gasteiger partial charge is 0.459 e. The summed E-state index contributed by atoms with van der Waals surface area (Å²) in [7, 11) is 1.90. The van der Waals surface area contributed by atoms with E-state index in [0.717, 1.165) is 19.4 Å². The molecule has 1 heterocycles. The molecule has 0 aliphatic carbocycles. The number of fused-ring (bicyclic) bond motifs is 1. The number of nitrogens with zero attached hydrogens (tertiary/aromatic N) is 1. The molecule has 0 radical (unpaired) electrons. The molecule has 154 valence electrons. The summed E-state index contributed by atoms with van der Waals surface area (Å²) >= 11 is 12.1. The van der Waals surface area contributed by atoms with E-state index in [9.17, 15) is 4.79 Å². The summed E-state index contributed by atoms with van der Waals surface area (Å²) in [5.74, 6) is 0.280. The lowest BCUT2D eigenvalue weighted by molar-refractivity contribution is 0.0185. The maximum Gasteiger partial charge on any atom is 0.338 e. The van der Waals surface area contributed by atoms with Crippen molar-refractivity contribution in [2.75, 3.05) is 13.6 Å². The third-order valence-corrected chi connectivity index (χ3v) is 5.25. The number of esters is 1. The highest BCUT2D eigenvalue weighted by Gasteiger charge is 2.21. The number of oxazole rings is 1. The maximum absolute atomic E-state index is 12.6. The molecule has 0 fully saturated rings. The Kier molecular flexibility index (Phi) is 7.17. The molecular formula is C22H24Cl2N2O3. The normalized spacial score (nSPS) is 13.4. The van der Waals surface area contributed by atoms with E-state index in [1.165, 1.54) is 0 Å². The van der Waals surface area contributed by atoms with Gasteiger partial charge in [-0.15, -0.1) is 0 Å². The highest BCUT2D eigenvalue weighted by Crippen LogP contribution is 2.30. The molecule has 29 heavy (non-hydrogen) atoms. The number of hydrogen-bond donors (Lipinski definition) is 1. The van der Waals surface area contributed by atoms with Crippen LogP contribution in [0, 0.1) is 5.92 Å². The third kappa shape index (κ3) is 5.30. The molecule has 7 heteroatoms. The Labute approximate surface area is 180 Å². The van der Waals surface area contributed by atoms with E-state index >= 15 is 0 Å². The van der Waals surface area contributed by atoms with E-state index in [0.29, 0.717) is 38.2 Å². The van der Waals surface area contributed by atoms with Gasteiger partial charge in [-0.1, -0.05) is 36.5 Å². The molecule has 1 aromatic heterocycles. The van der Waals surface area contributed by atoms with Crippen LogP contribution in [0.3, 0.4) is 0 Å². The molecule has 3 rings (SSSR count). The van der Waals surface area contributed by atoms with Crippen molar-refractivity contribution in [3.63, 3.8) is 0 Å². The number of halogens is 2. The highest BCUT2D eigenvalue weighted by molar-refractivity contribution is 6.35. The van der Waals surface area contributed by atoms with Crippen molar-refractivity contribution in [2.45, 2.75) is 32.8 Å². The first-order valence-corrected chi connectivity index (χ1v) is 10.4. The number of carbonyl (C=O) groups excluding carboxylic acids is 1. The number of hydrogen-bond acceptors (Lipinski definition) is 5. The van der Waals surface area contributed by atoms with Gasteiger partial charge in [-0.2, -0.15) is 0 Å². The van der Waals surface area contributed by atoms with Crippen molar-refractivity contribution in [1.29, 1.82) is 0 Å². The highest BCUT2D eigenvalue weighted by atomic mass is 35.5. The van der Waals surface area contributed by atoms with Crippen LogP contribution in [-0.2, 0) is 4.74 Å². The molecule has 2 aromatic carbocycles.